The van der Waals surface area contributed by atoms with Gasteiger partial charge >= 0.3 is 0 Å². The van der Waals surface area contributed by atoms with E-state index in [0.717, 1.165) is 16.0 Å². The zero-order valence-electron chi connectivity index (χ0n) is 12.1. The fourth-order valence-corrected chi connectivity index (χ4v) is 2.65. The number of hydrogen-bond donors (Lipinski definition) is 0. The Labute approximate surface area is 128 Å². The first-order chi connectivity index (χ1) is 10.6. The normalized spacial score (nSPS) is 14.8. The molecule has 3 rings (SSSR count). The van der Waals surface area contributed by atoms with E-state index in [1.807, 2.05) is 24.3 Å². The third kappa shape index (κ3) is 2.17. The number of benzene rings is 2. The molecular formula is C19H15NO2. The van der Waals surface area contributed by atoms with Gasteiger partial charge in [0.05, 0.1) is 17.7 Å². The van der Waals surface area contributed by atoms with Crippen LogP contribution in [0.25, 0.3) is 12.2 Å². The lowest BCUT2D eigenvalue weighted by Crippen LogP contribution is -2.35. The molecule has 0 bridgehead atoms. The molecule has 1 aliphatic heterocycles. The van der Waals surface area contributed by atoms with Gasteiger partial charge in [0.2, 0.25) is 0 Å². The monoisotopic (exact) mass is 289 g/mol. The van der Waals surface area contributed by atoms with Gasteiger partial charge in [-0.05, 0) is 28.1 Å². The van der Waals surface area contributed by atoms with Crippen LogP contribution in [0.1, 0.15) is 20.7 Å². The van der Waals surface area contributed by atoms with E-state index < -0.39 is 0 Å². The predicted octanol–water partition coefficient (Wildman–Crippen LogP) is 1.73. The molecule has 2 aromatic carbocycles. The number of hydrogen-bond acceptors (Lipinski definition) is 2. The number of imide groups is 1. The molecule has 0 saturated carbocycles. The van der Waals surface area contributed by atoms with E-state index >= 15 is 0 Å². The van der Waals surface area contributed by atoms with E-state index in [-0.39, 0.29) is 18.4 Å². The van der Waals surface area contributed by atoms with Crippen LogP contribution in [-0.4, -0.2) is 23.3 Å². The summed E-state index contributed by atoms with van der Waals surface area (Å²) in [6.07, 6.45) is 1.67. The lowest BCUT2D eigenvalue weighted by Gasteiger charge is -2.14. The average Bonchev–Trinajstić information content (AvgIpc) is 2.78. The van der Waals surface area contributed by atoms with Gasteiger partial charge in [0.15, 0.2) is 0 Å². The third-order valence-electron chi connectivity index (χ3n) is 3.82. The fourth-order valence-electron chi connectivity index (χ4n) is 2.65. The summed E-state index contributed by atoms with van der Waals surface area (Å²) in [7, 11) is 0. The fraction of sp³-hybridized carbons (Fsp3) is 0.0526. The molecule has 2 aromatic rings. The van der Waals surface area contributed by atoms with Crippen molar-refractivity contribution in [3.05, 3.63) is 82.8 Å². The highest BCUT2D eigenvalue weighted by Crippen LogP contribution is 2.23. The van der Waals surface area contributed by atoms with Crippen molar-refractivity contribution >= 4 is 24.0 Å². The van der Waals surface area contributed by atoms with E-state index in [2.05, 4.69) is 13.2 Å². The SMILES string of the molecule is C=C/C(CN1C(=O)c2ccccc2C1=O)=c1/ccccc1=C. The van der Waals surface area contributed by atoms with Crippen molar-refractivity contribution < 1.29 is 9.59 Å². The molecule has 3 nitrogen and oxygen atoms in total. The van der Waals surface area contributed by atoms with Gasteiger partial charge < -0.3 is 0 Å². The van der Waals surface area contributed by atoms with Crippen LogP contribution in [0.15, 0.2) is 61.2 Å². The van der Waals surface area contributed by atoms with E-state index in [1.54, 1.807) is 30.3 Å². The van der Waals surface area contributed by atoms with E-state index in [0.29, 0.717) is 11.1 Å². The van der Waals surface area contributed by atoms with E-state index in [9.17, 15) is 9.59 Å². The molecule has 0 unspecified atom stereocenters. The molecule has 2 amide bonds. The van der Waals surface area contributed by atoms with Crippen molar-refractivity contribution in [3.63, 3.8) is 0 Å². The highest BCUT2D eigenvalue weighted by Gasteiger charge is 2.35. The lowest BCUT2D eigenvalue weighted by atomic mass is 10.1. The molecule has 0 fully saturated rings. The lowest BCUT2D eigenvalue weighted by molar-refractivity contribution is 0.0675. The maximum Gasteiger partial charge on any atom is 0.261 e. The summed E-state index contributed by atoms with van der Waals surface area (Å²) in [6.45, 7) is 7.99. The second-order valence-electron chi connectivity index (χ2n) is 5.13. The van der Waals surface area contributed by atoms with Gasteiger partial charge in [-0.25, -0.2) is 0 Å². The van der Waals surface area contributed by atoms with Crippen LogP contribution < -0.4 is 10.4 Å². The van der Waals surface area contributed by atoms with Gasteiger partial charge in [-0.2, -0.15) is 0 Å². The Hall–Kier alpha value is -2.94. The Bertz CT molecular complexity index is 861. The van der Waals surface area contributed by atoms with Crippen LogP contribution in [0.2, 0.25) is 0 Å². The summed E-state index contributed by atoms with van der Waals surface area (Å²) in [5, 5.41) is 1.74. The second kappa shape index (κ2) is 5.45. The van der Waals surface area contributed by atoms with Crippen LogP contribution in [0, 0.1) is 0 Å². The molecule has 0 aromatic heterocycles. The highest BCUT2D eigenvalue weighted by atomic mass is 16.2. The van der Waals surface area contributed by atoms with Crippen molar-refractivity contribution in [3.8, 4) is 0 Å². The molecule has 1 heterocycles. The second-order valence-corrected chi connectivity index (χ2v) is 5.13. The predicted molar refractivity (Wildman–Crippen MR) is 86.6 cm³/mol. The summed E-state index contributed by atoms with van der Waals surface area (Å²) < 4.78 is 0. The Morgan fingerprint density at radius 3 is 2.05 bits per heavy atom. The van der Waals surface area contributed by atoms with E-state index in [1.165, 1.54) is 4.90 Å². The number of carbonyl (C=O) groups excluding carboxylic acids is 2. The zero-order chi connectivity index (χ0) is 15.7. The minimum atomic E-state index is -0.263. The first kappa shape index (κ1) is 14.0. The average molecular weight is 289 g/mol. The molecule has 0 saturated heterocycles. The number of fused-ring (bicyclic) bond motifs is 1. The maximum atomic E-state index is 12.4. The number of rotatable bonds is 3. The van der Waals surface area contributed by atoms with Gasteiger partial charge in [-0.1, -0.05) is 55.6 Å². The van der Waals surface area contributed by atoms with Gasteiger partial charge in [0.25, 0.3) is 11.8 Å². The summed E-state index contributed by atoms with van der Waals surface area (Å²) in [5.41, 5.74) is 1.72. The highest BCUT2D eigenvalue weighted by molar-refractivity contribution is 6.21. The third-order valence-corrected chi connectivity index (χ3v) is 3.82. The van der Waals surface area contributed by atoms with Gasteiger partial charge in [-0.3, -0.25) is 14.5 Å². The largest absolute Gasteiger partial charge is 0.270 e. The summed E-state index contributed by atoms with van der Waals surface area (Å²) >= 11 is 0. The number of amides is 2. The Kier molecular flexibility index (Phi) is 3.47. The molecule has 108 valence electrons. The molecule has 0 N–H and O–H groups in total. The zero-order valence-corrected chi connectivity index (χ0v) is 12.1. The standard InChI is InChI=1S/C19H15NO2/c1-3-14(15-9-5-4-8-13(15)2)12-20-18(21)16-10-6-7-11-17(16)19(20)22/h3-11H,1-2,12H2/b15-14+. The quantitative estimate of drug-likeness (QED) is 0.807. The van der Waals surface area contributed by atoms with Crippen molar-refractivity contribution in [1.29, 1.82) is 0 Å². The van der Waals surface area contributed by atoms with Gasteiger partial charge in [0.1, 0.15) is 0 Å². The van der Waals surface area contributed by atoms with Gasteiger partial charge in [-0.15, -0.1) is 0 Å². The molecule has 3 heteroatoms. The molecular weight excluding hydrogens is 274 g/mol. The molecule has 0 radical (unpaired) electrons. The summed E-state index contributed by atoms with van der Waals surface area (Å²) in [6, 6.07) is 14.5. The van der Waals surface area contributed by atoms with Crippen LogP contribution in [0.4, 0.5) is 0 Å². The minimum absolute atomic E-state index is 0.197. The molecule has 0 spiro atoms. The van der Waals surface area contributed by atoms with E-state index in [4.69, 9.17) is 0 Å². The molecule has 22 heavy (non-hydrogen) atoms. The maximum absolute atomic E-state index is 12.4. The van der Waals surface area contributed by atoms with Crippen molar-refractivity contribution in [2.24, 2.45) is 0 Å². The Balaban J connectivity index is 2.05. The van der Waals surface area contributed by atoms with Crippen molar-refractivity contribution in [1.82, 2.24) is 4.90 Å². The topological polar surface area (TPSA) is 37.4 Å². The smallest absolute Gasteiger partial charge is 0.261 e. The molecule has 0 atom stereocenters. The minimum Gasteiger partial charge on any atom is -0.270 e. The molecule has 1 aliphatic rings. The summed E-state index contributed by atoms with van der Waals surface area (Å²) in [4.78, 5) is 26.1. The van der Waals surface area contributed by atoms with Crippen molar-refractivity contribution in [2.45, 2.75) is 0 Å². The van der Waals surface area contributed by atoms with Crippen LogP contribution in [0.3, 0.4) is 0 Å². The Morgan fingerprint density at radius 1 is 0.955 bits per heavy atom. The molecule has 0 aliphatic carbocycles. The number of carbonyl (C=O) groups is 2. The van der Waals surface area contributed by atoms with Gasteiger partial charge in [0, 0.05) is 0 Å². The van der Waals surface area contributed by atoms with Crippen LogP contribution in [-0.2, 0) is 0 Å². The number of nitrogens with zero attached hydrogens (tertiary/aromatic N) is 1. The first-order valence-corrected chi connectivity index (χ1v) is 6.98. The summed E-state index contributed by atoms with van der Waals surface area (Å²) in [5.74, 6) is -0.525. The van der Waals surface area contributed by atoms with Crippen molar-refractivity contribution in [2.75, 3.05) is 6.54 Å². The first-order valence-electron chi connectivity index (χ1n) is 6.98. The van der Waals surface area contributed by atoms with Crippen LogP contribution >= 0.6 is 0 Å². The van der Waals surface area contributed by atoms with Crippen LogP contribution in [0.5, 0.6) is 0 Å². The Morgan fingerprint density at radius 2 is 1.50 bits per heavy atom.